The number of aromatic hydroxyl groups is 2. The van der Waals surface area contributed by atoms with Crippen LogP contribution in [0.1, 0.15) is 0 Å². The first kappa shape index (κ1) is 12.2. The molecule has 100 valence electrons. The summed E-state index contributed by atoms with van der Waals surface area (Å²) in [7, 11) is 0. The van der Waals surface area contributed by atoms with Crippen molar-refractivity contribution in [2.75, 3.05) is 0 Å². The summed E-state index contributed by atoms with van der Waals surface area (Å²) in [4.78, 5) is 4.08. The van der Waals surface area contributed by atoms with Gasteiger partial charge in [-0.1, -0.05) is 23.4 Å². The largest absolute Gasteiger partial charge is 0.504 e. The molecule has 0 saturated carbocycles. The average molecular weight is 272 g/mol. The number of phenols is 2. The fourth-order valence-corrected chi connectivity index (χ4v) is 1.78. The van der Waals surface area contributed by atoms with Crippen LogP contribution in [0.3, 0.4) is 0 Å². The average Bonchev–Trinajstić information content (AvgIpc) is 2.91. The summed E-state index contributed by atoms with van der Waals surface area (Å²) in [5, 5.41) is 22.9. The monoisotopic (exact) mass is 272 g/mol. The minimum atomic E-state index is -0.408. The highest BCUT2D eigenvalue weighted by molar-refractivity contribution is 5.68. The lowest BCUT2D eigenvalue weighted by Gasteiger charge is -2.00. The standard InChI is InChI=1S/C14H9FN2O3/c15-9-4-1-3-8(7-9)13-16-14(20-17-13)10-5-2-6-11(18)12(10)19/h1-7,18-19H. The van der Waals surface area contributed by atoms with Gasteiger partial charge in [0, 0.05) is 5.56 Å². The van der Waals surface area contributed by atoms with Crippen LogP contribution in [0.15, 0.2) is 47.0 Å². The molecule has 0 aliphatic heterocycles. The van der Waals surface area contributed by atoms with E-state index >= 15 is 0 Å². The van der Waals surface area contributed by atoms with Crippen LogP contribution in [-0.4, -0.2) is 20.4 Å². The molecule has 0 aliphatic rings. The van der Waals surface area contributed by atoms with E-state index in [1.165, 1.54) is 36.4 Å². The Balaban J connectivity index is 2.04. The SMILES string of the molecule is Oc1cccc(-c2nc(-c3cccc(F)c3)no2)c1O. The predicted molar refractivity (Wildman–Crippen MR) is 68.5 cm³/mol. The van der Waals surface area contributed by atoms with Gasteiger partial charge in [-0.05, 0) is 24.3 Å². The lowest BCUT2D eigenvalue weighted by Crippen LogP contribution is -1.83. The van der Waals surface area contributed by atoms with Gasteiger partial charge in [0.1, 0.15) is 5.82 Å². The quantitative estimate of drug-likeness (QED) is 0.701. The third kappa shape index (κ3) is 2.07. The first-order chi connectivity index (χ1) is 9.65. The number of phenolic OH excluding ortho intramolecular Hbond substituents is 2. The van der Waals surface area contributed by atoms with Crippen LogP contribution in [0.4, 0.5) is 4.39 Å². The molecule has 0 amide bonds. The fourth-order valence-electron chi connectivity index (χ4n) is 1.78. The number of halogens is 1. The van der Waals surface area contributed by atoms with Crippen molar-refractivity contribution in [1.29, 1.82) is 0 Å². The van der Waals surface area contributed by atoms with E-state index in [0.717, 1.165) is 0 Å². The summed E-state index contributed by atoms with van der Waals surface area (Å²) < 4.78 is 18.2. The first-order valence-corrected chi connectivity index (χ1v) is 5.76. The van der Waals surface area contributed by atoms with Crippen LogP contribution in [0.5, 0.6) is 11.5 Å². The van der Waals surface area contributed by atoms with Crippen molar-refractivity contribution in [3.05, 3.63) is 48.3 Å². The Labute approximate surface area is 112 Å². The Kier molecular flexibility index (Phi) is 2.83. The van der Waals surface area contributed by atoms with E-state index in [4.69, 9.17) is 4.52 Å². The summed E-state index contributed by atoms with van der Waals surface area (Å²) in [5.41, 5.74) is 0.666. The first-order valence-electron chi connectivity index (χ1n) is 5.76. The third-order valence-corrected chi connectivity index (χ3v) is 2.75. The molecular formula is C14H9FN2O3. The number of rotatable bonds is 2. The summed E-state index contributed by atoms with van der Waals surface area (Å²) in [6.07, 6.45) is 0. The molecule has 0 unspecified atom stereocenters. The normalized spacial score (nSPS) is 10.7. The van der Waals surface area contributed by atoms with Gasteiger partial charge in [0.05, 0.1) is 5.56 Å². The van der Waals surface area contributed by atoms with E-state index in [9.17, 15) is 14.6 Å². The molecule has 0 spiro atoms. The highest BCUT2D eigenvalue weighted by Gasteiger charge is 2.16. The van der Waals surface area contributed by atoms with Crippen LogP contribution in [0.25, 0.3) is 22.8 Å². The molecule has 20 heavy (non-hydrogen) atoms. The lowest BCUT2D eigenvalue weighted by molar-refractivity contribution is 0.397. The topological polar surface area (TPSA) is 79.4 Å². The Morgan fingerprint density at radius 1 is 1.05 bits per heavy atom. The third-order valence-electron chi connectivity index (χ3n) is 2.75. The van der Waals surface area contributed by atoms with Gasteiger partial charge in [-0.15, -0.1) is 0 Å². The molecule has 0 aliphatic carbocycles. The van der Waals surface area contributed by atoms with Crippen molar-refractivity contribution in [3.63, 3.8) is 0 Å². The number of hydrogen-bond donors (Lipinski definition) is 2. The van der Waals surface area contributed by atoms with Gasteiger partial charge in [0.2, 0.25) is 5.82 Å². The summed E-state index contributed by atoms with van der Waals surface area (Å²) in [6, 6.07) is 10.2. The molecule has 3 aromatic rings. The number of para-hydroxylation sites is 1. The van der Waals surface area contributed by atoms with Gasteiger partial charge in [0.25, 0.3) is 5.89 Å². The number of benzene rings is 2. The summed E-state index contributed by atoms with van der Waals surface area (Å²) >= 11 is 0. The van der Waals surface area contributed by atoms with Crippen molar-refractivity contribution in [3.8, 4) is 34.3 Å². The molecule has 0 saturated heterocycles. The minimum Gasteiger partial charge on any atom is -0.504 e. The second kappa shape index (κ2) is 4.65. The molecule has 6 heteroatoms. The maximum Gasteiger partial charge on any atom is 0.262 e. The van der Waals surface area contributed by atoms with E-state index in [0.29, 0.717) is 5.56 Å². The van der Waals surface area contributed by atoms with Crippen molar-refractivity contribution in [2.24, 2.45) is 0 Å². The van der Waals surface area contributed by atoms with Crippen LogP contribution in [0, 0.1) is 5.82 Å². The van der Waals surface area contributed by atoms with Gasteiger partial charge in [-0.2, -0.15) is 4.98 Å². The highest BCUT2D eigenvalue weighted by atomic mass is 19.1. The van der Waals surface area contributed by atoms with E-state index in [-0.39, 0.29) is 28.8 Å². The Hall–Kier alpha value is -2.89. The zero-order chi connectivity index (χ0) is 14.1. The van der Waals surface area contributed by atoms with E-state index in [2.05, 4.69) is 10.1 Å². The fraction of sp³-hybridized carbons (Fsp3) is 0. The van der Waals surface area contributed by atoms with Gasteiger partial charge >= 0.3 is 0 Å². The molecule has 0 radical (unpaired) electrons. The maximum atomic E-state index is 13.1. The Morgan fingerprint density at radius 3 is 2.65 bits per heavy atom. The van der Waals surface area contributed by atoms with Gasteiger partial charge in [0.15, 0.2) is 11.5 Å². The zero-order valence-corrected chi connectivity index (χ0v) is 10.1. The predicted octanol–water partition coefficient (Wildman–Crippen LogP) is 2.95. The smallest absolute Gasteiger partial charge is 0.262 e. The van der Waals surface area contributed by atoms with E-state index in [1.807, 2.05) is 0 Å². The number of nitrogens with zero attached hydrogens (tertiary/aromatic N) is 2. The van der Waals surface area contributed by atoms with E-state index in [1.54, 1.807) is 6.07 Å². The molecular weight excluding hydrogens is 263 g/mol. The highest BCUT2D eigenvalue weighted by Crippen LogP contribution is 2.35. The molecule has 0 bridgehead atoms. The molecule has 1 heterocycles. The Morgan fingerprint density at radius 2 is 1.85 bits per heavy atom. The molecule has 0 atom stereocenters. The van der Waals surface area contributed by atoms with Crippen LogP contribution in [-0.2, 0) is 0 Å². The molecule has 2 aromatic carbocycles. The summed E-state index contributed by atoms with van der Waals surface area (Å²) in [6.45, 7) is 0. The van der Waals surface area contributed by atoms with Gasteiger partial charge < -0.3 is 14.7 Å². The maximum absolute atomic E-state index is 13.1. The van der Waals surface area contributed by atoms with Crippen molar-refractivity contribution in [2.45, 2.75) is 0 Å². The summed E-state index contributed by atoms with van der Waals surface area (Å²) in [5.74, 6) is -0.802. The van der Waals surface area contributed by atoms with Crippen molar-refractivity contribution >= 4 is 0 Å². The zero-order valence-electron chi connectivity index (χ0n) is 10.1. The molecule has 3 rings (SSSR count). The van der Waals surface area contributed by atoms with Crippen LogP contribution < -0.4 is 0 Å². The molecule has 1 aromatic heterocycles. The minimum absolute atomic E-state index is 0.0395. The van der Waals surface area contributed by atoms with E-state index < -0.39 is 5.82 Å². The number of hydrogen-bond acceptors (Lipinski definition) is 5. The van der Waals surface area contributed by atoms with Gasteiger partial charge in [-0.25, -0.2) is 4.39 Å². The van der Waals surface area contributed by atoms with Crippen molar-refractivity contribution in [1.82, 2.24) is 10.1 Å². The molecule has 2 N–H and O–H groups in total. The lowest BCUT2D eigenvalue weighted by atomic mass is 10.2. The Bertz CT molecular complexity index is 771. The second-order valence-electron chi connectivity index (χ2n) is 4.11. The van der Waals surface area contributed by atoms with Crippen LogP contribution >= 0.6 is 0 Å². The second-order valence-corrected chi connectivity index (χ2v) is 4.11. The molecule has 5 nitrogen and oxygen atoms in total. The molecule has 0 fully saturated rings. The van der Waals surface area contributed by atoms with Gasteiger partial charge in [-0.3, -0.25) is 0 Å². The number of aromatic nitrogens is 2. The van der Waals surface area contributed by atoms with Crippen LogP contribution in [0.2, 0.25) is 0 Å². The van der Waals surface area contributed by atoms with Crippen molar-refractivity contribution < 1.29 is 19.1 Å².